The lowest BCUT2D eigenvalue weighted by Crippen LogP contribution is -2.31. The summed E-state index contributed by atoms with van der Waals surface area (Å²) in [7, 11) is 2.05. The Balaban J connectivity index is 2.98. The number of hydrogen-bond donors (Lipinski definition) is 1. The SMILES string of the molecule is CCCC(C)N(C)c1cccnc1C(N)=S. The molecule has 0 radical (unpaired) electrons. The smallest absolute Gasteiger partial charge is 0.124 e. The van der Waals surface area contributed by atoms with Crippen LogP contribution in [-0.4, -0.2) is 23.1 Å². The van der Waals surface area contributed by atoms with Crippen molar-refractivity contribution >= 4 is 22.9 Å². The van der Waals surface area contributed by atoms with Gasteiger partial charge in [-0.25, -0.2) is 0 Å². The predicted molar refractivity (Wildman–Crippen MR) is 72.9 cm³/mol. The Morgan fingerprint density at radius 2 is 2.31 bits per heavy atom. The minimum absolute atomic E-state index is 0.353. The number of hydrogen-bond acceptors (Lipinski definition) is 3. The third kappa shape index (κ3) is 2.92. The molecule has 0 saturated carbocycles. The molecule has 16 heavy (non-hydrogen) atoms. The minimum atomic E-state index is 0.353. The average molecular weight is 237 g/mol. The maximum absolute atomic E-state index is 5.67. The van der Waals surface area contributed by atoms with Gasteiger partial charge in [-0.2, -0.15) is 0 Å². The van der Waals surface area contributed by atoms with Crippen molar-refractivity contribution in [3.8, 4) is 0 Å². The number of rotatable bonds is 5. The Labute approximate surface area is 103 Å². The van der Waals surface area contributed by atoms with E-state index in [0.717, 1.165) is 18.5 Å². The van der Waals surface area contributed by atoms with Gasteiger partial charge in [0.25, 0.3) is 0 Å². The summed E-state index contributed by atoms with van der Waals surface area (Å²) in [6, 6.07) is 4.38. The van der Waals surface area contributed by atoms with Crippen LogP contribution in [0.25, 0.3) is 0 Å². The van der Waals surface area contributed by atoms with Gasteiger partial charge in [0, 0.05) is 19.3 Å². The summed E-state index contributed by atoms with van der Waals surface area (Å²) in [5.74, 6) is 0. The van der Waals surface area contributed by atoms with Gasteiger partial charge in [-0.3, -0.25) is 4.98 Å². The topological polar surface area (TPSA) is 42.2 Å². The van der Waals surface area contributed by atoms with Crippen molar-refractivity contribution in [2.24, 2.45) is 5.73 Å². The lowest BCUT2D eigenvalue weighted by atomic mass is 10.1. The molecule has 0 aliphatic carbocycles. The van der Waals surface area contributed by atoms with Crippen LogP contribution in [0.2, 0.25) is 0 Å². The lowest BCUT2D eigenvalue weighted by Gasteiger charge is -2.28. The van der Waals surface area contributed by atoms with Crippen molar-refractivity contribution in [2.45, 2.75) is 32.7 Å². The Kier molecular flexibility index (Phi) is 4.68. The zero-order valence-corrected chi connectivity index (χ0v) is 10.9. The number of aromatic nitrogens is 1. The molecule has 0 spiro atoms. The molecule has 1 aromatic rings. The van der Waals surface area contributed by atoms with Crippen molar-refractivity contribution < 1.29 is 0 Å². The molecule has 0 aliphatic rings. The van der Waals surface area contributed by atoms with E-state index in [0.29, 0.717) is 16.7 Å². The van der Waals surface area contributed by atoms with Gasteiger partial charge < -0.3 is 10.6 Å². The normalized spacial score (nSPS) is 12.2. The number of anilines is 1. The molecule has 1 rings (SSSR count). The maximum Gasteiger partial charge on any atom is 0.124 e. The number of thiocarbonyl (C=S) groups is 1. The van der Waals surface area contributed by atoms with Crippen LogP contribution in [0.5, 0.6) is 0 Å². The molecule has 88 valence electrons. The van der Waals surface area contributed by atoms with Gasteiger partial charge >= 0.3 is 0 Å². The highest BCUT2D eigenvalue weighted by molar-refractivity contribution is 7.80. The quantitative estimate of drug-likeness (QED) is 0.798. The van der Waals surface area contributed by atoms with Gasteiger partial charge in [0.2, 0.25) is 0 Å². The second kappa shape index (κ2) is 5.80. The molecule has 1 heterocycles. The molecular weight excluding hydrogens is 218 g/mol. The second-order valence-electron chi connectivity index (χ2n) is 3.98. The Morgan fingerprint density at radius 1 is 1.62 bits per heavy atom. The summed E-state index contributed by atoms with van der Waals surface area (Å²) in [5.41, 5.74) is 7.39. The van der Waals surface area contributed by atoms with E-state index in [-0.39, 0.29) is 0 Å². The molecule has 0 aliphatic heterocycles. The van der Waals surface area contributed by atoms with E-state index in [4.69, 9.17) is 18.0 Å². The van der Waals surface area contributed by atoms with Crippen LogP contribution < -0.4 is 10.6 Å². The summed E-state index contributed by atoms with van der Waals surface area (Å²) < 4.78 is 0. The first kappa shape index (κ1) is 12.9. The fraction of sp³-hybridized carbons (Fsp3) is 0.500. The van der Waals surface area contributed by atoms with Crippen molar-refractivity contribution in [1.82, 2.24) is 4.98 Å². The van der Waals surface area contributed by atoms with Crippen molar-refractivity contribution in [3.63, 3.8) is 0 Å². The van der Waals surface area contributed by atoms with Gasteiger partial charge in [-0.1, -0.05) is 25.6 Å². The summed E-state index contributed by atoms with van der Waals surface area (Å²) >= 11 is 5.01. The third-order valence-electron chi connectivity index (χ3n) is 2.77. The van der Waals surface area contributed by atoms with Crippen LogP contribution >= 0.6 is 12.2 Å². The van der Waals surface area contributed by atoms with Crippen molar-refractivity contribution in [3.05, 3.63) is 24.0 Å². The summed E-state index contributed by atoms with van der Waals surface area (Å²) in [4.78, 5) is 6.77. The highest BCUT2D eigenvalue weighted by Gasteiger charge is 2.14. The van der Waals surface area contributed by atoms with E-state index < -0.39 is 0 Å². The first-order valence-electron chi connectivity index (χ1n) is 5.55. The molecule has 0 aromatic carbocycles. The monoisotopic (exact) mass is 237 g/mol. The first-order chi connectivity index (χ1) is 7.57. The number of pyridine rings is 1. The summed E-state index contributed by atoms with van der Waals surface area (Å²) in [5, 5.41) is 0. The number of nitrogens with two attached hydrogens (primary N) is 1. The third-order valence-corrected chi connectivity index (χ3v) is 2.96. The van der Waals surface area contributed by atoms with Crippen LogP contribution in [0.15, 0.2) is 18.3 Å². The van der Waals surface area contributed by atoms with Gasteiger partial charge in [-0.15, -0.1) is 0 Å². The van der Waals surface area contributed by atoms with Crippen molar-refractivity contribution in [2.75, 3.05) is 11.9 Å². The predicted octanol–water partition coefficient (Wildman–Crippen LogP) is 2.34. The zero-order chi connectivity index (χ0) is 12.1. The van der Waals surface area contributed by atoms with Gasteiger partial charge in [0.15, 0.2) is 0 Å². The maximum atomic E-state index is 5.67. The van der Waals surface area contributed by atoms with Gasteiger partial charge in [0.1, 0.15) is 10.7 Å². The molecule has 4 heteroatoms. The molecule has 1 atom stereocenters. The standard InChI is InChI=1S/C12H19N3S/c1-4-6-9(2)15(3)10-7-5-8-14-11(10)12(13)16/h5,7-9H,4,6H2,1-3H3,(H2,13,16). The average Bonchev–Trinajstić information content (AvgIpc) is 2.28. The molecule has 1 aromatic heterocycles. The zero-order valence-electron chi connectivity index (χ0n) is 10.1. The van der Waals surface area contributed by atoms with Crippen molar-refractivity contribution in [1.29, 1.82) is 0 Å². The first-order valence-corrected chi connectivity index (χ1v) is 5.96. The molecular formula is C12H19N3S. The molecule has 1 unspecified atom stereocenters. The van der Waals surface area contributed by atoms with Crippen LogP contribution in [0.3, 0.4) is 0 Å². The highest BCUT2D eigenvalue weighted by atomic mass is 32.1. The van der Waals surface area contributed by atoms with E-state index in [1.807, 2.05) is 12.1 Å². The fourth-order valence-corrected chi connectivity index (χ4v) is 1.88. The molecule has 2 N–H and O–H groups in total. The Hall–Kier alpha value is -1.16. The highest BCUT2D eigenvalue weighted by Crippen LogP contribution is 2.20. The lowest BCUT2D eigenvalue weighted by molar-refractivity contribution is 0.615. The Morgan fingerprint density at radius 3 is 2.88 bits per heavy atom. The molecule has 3 nitrogen and oxygen atoms in total. The van der Waals surface area contributed by atoms with E-state index in [9.17, 15) is 0 Å². The van der Waals surface area contributed by atoms with E-state index in [1.54, 1.807) is 6.20 Å². The summed E-state index contributed by atoms with van der Waals surface area (Å²) in [6.07, 6.45) is 4.02. The van der Waals surface area contributed by atoms with Crippen LogP contribution in [0.1, 0.15) is 32.4 Å². The minimum Gasteiger partial charge on any atom is -0.388 e. The molecule has 0 bridgehead atoms. The van der Waals surface area contributed by atoms with Crippen LogP contribution in [0.4, 0.5) is 5.69 Å². The molecule has 0 amide bonds. The van der Waals surface area contributed by atoms with Crippen LogP contribution in [-0.2, 0) is 0 Å². The summed E-state index contributed by atoms with van der Waals surface area (Å²) in [6.45, 7) is 4.38. The van der Waals surface area contributed by atoms with E-state index in [2.05, 4.69) is 30.8 Å². The largest absolute Gasteiger partial charge is 0.388 e. The van der Waals surface area contributed by atoms with Gasteiger partial charge in [0.05, 0.1) is 5.69 Å². The van der Waals surface area contributed by atoms with E-state index in [1.165, 1.54) is 0 Å². The molecule has 0 fully saturated rings. The van der Waals surface area contributed by atoms with Gasteiger partial charge in [-0.05, 0) is 25.5 Å². The second-order valence-corrected chi connectivity index (χ2v) is 4.42. The molecule has 0 saturated heterocycles. The number of nitrogens with zero attached hydrogens (tertiary/aromatic N) is 2. The van der Waals surface area contributed by atoms with E-state index >= 15 is 0 Å². The fourth-order valence-electron chi connectivity index (χ4n) is 1.72. The Bertz CT molecular complexity index is 365. The van der Waals surface area contributed by atoms with Crippen LogP contribution in [0, 0.1) is 0 Å².